The van der Waals surface area contributed by atoms with E-state index in [2.05, 4.69) is 26.3 Å². The van der Waals surface area contributed by atoms with E-state index in [0.29, 0.717) is 49.2 Å². The molecule has 10 heteroatoms. The van der Waals surface area contributed by atoms with Crippen LogP contribution in [0.15, 0.2) is 24.3 Å². The van der Waals surface area contributed by atoms with E-state index >= 15 is 0 Å². The second kappa shape index (κ2) is 9.60. The van der Waals surface area contributed by atoms with Crippen molar-refractivity contribution in [3.05, 3.63) is 29.8 Å². The molecule has 0 bridgehead atoms. The summed E-state index contributed by atoms with van der Waals surface area (Å²) in [5.74, 6) is 0.983. The fourth-order valence-corrected chi connectivity index (χ4v) is 3.23. The number of carbonyl (C=O) groups excluding carboxylic acids is 1. The first-order valence-electron chi connectivity index (χ1n) is 10.2. The molecule has 2 heterocycles. The van der Waals surface area contributed by atoms with Crippen molar-refractivity contribution in [3.63, 3.8) is 0 Å². The van der Waals surface area contributed by atoms with Gasteiger partial charge in [0.25, 0.3) is 0 Å². The van der Waals surface area contributed by atoms with Gasteiger partial charge in [-0.2, -0.15) is 15.2 Å². The van der Waals surface area contributed by atoms with Gasteiger partial charge in [-0.1, -0.05) is 0 Å². The van der Waals surface area contributed by atoms with Gasteiger partial charge in [-0.3, -0.25) is 0 Å². The molecule has 1 fully saturated rings. The Balaban J connectivity index is 1.80. The highest BCUT2D eigenvalue weighted by molar-refractivity contribution is 5.76. The molecule has 2 aromatic rings. The van der Waals surface area contributed by atoms with Gasteiger partial charge in [0, 0.05) is 26.2 Å². The second-order valence-electron chi connectivity index (χ2n) is 8.20. The number of methoxy groups -OCH3 is 2. The van der Waals surface area contributed by atoms with Crippen molar-refractivity contribution in [2.24, 2.45) is 0 Å². The van der Waals surface area contributed by atoms with Gasteiger partial charge >= 0.3 is 6.09 Å². The summed E-state index contributed by atoms with van der Waals surface area (Å²) >= 11 is 0. The summed E-state index contributed by atoms with van der Waals surface area (Å²) in [5.41, 5.74) is 1.51. The molecule has 1 saturated heterocycles. The smallest absolute Gasteiger partial charge is 0.410 e. The number of piperazine rings is 1. The largest absolute Gasteiger partial charge is 0.481 e. The van der Waals surface area contributed by atoms with Crippen molar-refractivity contribution >= 4 is 23.4 Å². The van der Waals surface area contributed by atoms with Crippen molar-refractivity contribution in [2.45, 2.75) is 26.4 Å². The van der Waals surface area contributed by atoms with Gasteiger partial charge in [-0.05, 0) is 39.0 Å². The topological polar surface area (TPSA) is 113 Å². The third kappa shape index (κ3) is 5.69. The molecule has 170 valence electrons. The number of hydrogen-bond acceptors (Lipinski definition) is 9. The fourth-order valence-electron chi connectivity index (χ4n) is 3.23. The summed E-state index contributed by atoms with van der Waals surface area (Å²) < 4.78 is 15.9. The monoisotopic (exact) mass is 440 g/mol. The predicted octanol–water partition coefficient (Wildman–Crippen LogP) is 3.17. The standard InChI is InChI=1S/C22H28N6O4/c1-22(2,3)32-21(29)28-10-8-27(9-11-28)17-7-6-15(14-23)12-16(17)24-20-25-18(30-4)13-19(26-20)31-5/h6-7,12-13H,8-11H2,1-5H3,(H,24,25,26). The molecule has 0 spiro atoms. The molecule has 1 N–H and O–H groups in total. The lowest BCUT2D eigenvalue weighted by atomic mass is 10.1. The number of hydrogen-bond donors (Lipinski definition) is 1. The Bertz CT molecular complexity index is 984. The van der Waals surface area contributed by atoms with Gasteiger partial charge in [0.1, 0.15) is 5.60 Å². The Morgan fingerprint density at radius 1 is 1.06 bits per heavy atom. The summed E-state index contributed by atoms with van der Waals surface area (Å²) in [6.07, 6.45) is -0.313. The first kappa shape index (κ1) is 22.9. The zero-order valence-electron chi connectivity index (χ0n) is 19.0. The Morgan fingerprint density at radius 2 is 1.69 bits per heavy atom. The SMILES string of the molecule is COc1cc(OC)nc(Nc2cc(C#N)ccc2N2CCN(C(=O)OC(C)(C)C)CC2)n1. The number of aromatic nitrogens is 2. The summed E-state index contributed by atoms with van der Waals surface area (Å²) in [4.78, 5) is 24.8. The zero-order chi connectivity index (χ0) is 23.3. The average Bonchev–Trinajstić information content (AvgIpc) is 2.77. The normalized spacial score (nSPS) is 13.9. The number of anilines is 3. The molecule has 0 radical (unpaired) electrons. The van der Waals surface area contributed by atoms with E-state index < -0.39 is 5.60 Å². The quantitative estimate of drug-likeness (QED) is 0.749. The van der Waals surface area contributed by atoms with Crippen molar-refractivity contribution < 1.29 is 19.0 Å². The summed E-state index contributed by atoms with van der Waals surface area (Å²) in [6.45, 7) is 7.84. The van der Waals surface area contributed by atoms with E-state index in [1.165, 1.54) is 14.2 Å². The third-order valence-corrected chi connectivity index (χ3v) is 4.74. The molecule has 32 heavy (non-hydrogen) atoms. The average molecular weight is 441 g/mol. The van der Waals surface area contributed by atoms with E-state index in [-0.39, 0.29) is 12.0 Å². The Hall–Kier alpha value is -3.74. The van der Waals surface area contributed by atoms with Crippen molar-refractivity contribution in [1.29, 1.82) is 5.26 Å². The van der Waals surface area contributed by atoms with E-state index in [1.54, 1.807) is 23.1 Å². The Labute approximate surface area is 187 Å². The molecular weight excluding hydrogens is 412 g/mol. The van der Waals surface area contributed by atoms with Crippen LogP contribution in [0.2, 0.25) is 0 Å². The van der Waals surface area contributed by atoms with Crippen LogP contribution in [0.1, 0.15) is 26.3 Å². The molecule has 0 unspecified atom stereocenters. The highest BCUT2D eigenvalue weighted by Crippen LogP contribution is 2.31. The number of rotatable bonds is 5. The molecule has 1 aliphatic rings. The number of nitrogens with one attached hydrogen (secondary N) is 1. The van der Waals surface area contributed by atoms with Gasteiger partial charge in [0.05, 0.1) is 43.3 Å². The number of nitriles is 1. The minimum Gasteiger partial charge on any atom is -0.481 e. The molecule has 1 aromatic carbocycles. The van der Waals surface area contributed by atoms with E-state index in [9.17, 15) is 10.1 Å². The lowest BCUT2D eigenvalue weighted by Gasteiger charge is -2.37. The first-order valence-corrected chi connectivity index (χ1v) is 10.2. The highest BCUT2D eigenvalue weighted by Gasteiger charge is 2.27. The Kier molecular flexibility index (Phi) is 6.88. The number of nitrogens with zero attached hydrogens (tertiary/aromatic N) is 5. The lowest BCUT2D eigenvalue weighted by molar-refractivity contribution is 0.0240. The van der Waals surface area contributed by atoms with Crippen LogP contribution >= 0.6 is 0 Å². The van der Waals surface area contributed by atoms with Crippen LogP contribution in [0.3, 0.4) is 0 Å². The summed E-state index contributed by atoms with van der Waals surface area (Å²) in [6, 6.07) is 9.11. The van der Waals surface area contributed by atoms with Gasteiger partial charge in [-0.15, -0.1) is 0 Å². The Morgan fingerprint density at radius 3 is 2.22 bits per heavy atom. The van der Waals surface area contributed by atoms with Crippen LogP contribution in [0.4, 0.5) is 22.1 Å². The maximum Gasteiger partial charge on any atom is 0.410 e. The van der Waals surface area contributed by atoms with Crippen LogP contribution in [-0.4, -0.2) is 67.0 Å². The first-order chi connectivity index (χ1) is 15.2. The van der Waals surface area contributed by atoms with E-state index in [0.717, 1.165) is 5.69 Å². The summed E-state index contributed by atoms with van der Waals surface area (Å²) in [7, 11) is 3.02. The van der Waals surface area contributed by atoms with E-state index in [4.69, 9.17) is 14.2 Å². The minimum atomic E-state index is -0.532. The zero-order valence-corrected chi connectivity index (χ0v) is 19.0. The maximum atomic E-state index is 12.4. The molecule has 0 atom stereocenters. The lowest BCUT2D eigenvalue weighted by Crippen LogP contribution is -2.50. The molecule has 10 nitrogen and oxygen atoms in total. The van der Waals surface area contributed by atoms with Crippen LogP contribution < -0.4 is 19.7 Å². The fraction of sp³-hybridized carbons (Fsp3) is 0.455. The van der Waals surface area contributed by atoms with Crippen LogP contribution in [0, 0.1) is 11.3 Å². The van der Waals surface area contributed by atoms with Crippen LogP contribution in [-0.2, 0) is 4.74 Å². The molecule has 0 saturated carbocycles. The number of benzene rings is 1. The van der Waals surface area contributed by atoms with Crippen LogP contribution in [0.5, 0.6) is 11.8 Å². The molecule has 1 aliphatic heterocycles. The van der Waals surface area contributed by atoms with Gasteiger partial charge in [0.2, 0.25) is 17.7 Å². The van der Waals surface area contributed by atoms with Crippen molar-refractivity contribution in [2.75, 3.05) is 50.6 Å². The number of carbonyl (C=O) groups is 1. The number of ether oxygens (including phenoxy) is 3. The van der Waals surface area contributed by atoms with Gasteiger partial charge in [-0.25, -0.2) is 4.79 Å². The summed E-state index contributed by atoms with van der Waals surface area (Å²) in [5, 5.41) is 12.5. The molecular formula is C22H28N6O4. The van der Waals surface area contributed by atoms with Crippen LogP contribution in [0.25, 0.3) is 0 Å². The van der Waals surface area contributed by atoms with Crippen molar-refractivity contribution in [1.82, 2.24) is 14.9 Å². The number of amides is 1. The second-order valence-corrected chi connectivity index (χ2v) is 8.20. The predicted molar refractivity (Wildman–Crippen MR) is 120 cm³/mol. The van der Waals surface area contributed by atoms with Gasteiger partial charge < -0.3 is 29.3 Å². The molecule has 3 rings (SSSR count). The minimum absolute atomic E-state index is 0.282. The highest BCUT2D eigenvalue weighted by atomic mass is 16.6. The van der Waals surface area contributed by atoms with E-state index in [1.807, 2.05) is 26.8 Å². The maximum absolute atomic E-state index is 12.4. The van der Waals surface area contributed by atoms with Crippen molar-refractivity contribution in [3.8, 4) is 17.8 Å². The molecule has 1 aromatic heterocycles. The third-order valence-electron chi connectivity index (χ3n) is 4.74. The molecule has 0 aliphatic carbocycles. The van der Waals surface area contributed by atoms with Gasteiger partial charge in [0.15, 0.2) is 0 Å². The molecule has 1 amide bonds.